The molecule has 8 heteroatoms. The highest BCUT2D eigenvalue weighted by molar-refractivity contribution is 6.32. The van der Waals surface area contributed by atoms with Crippen LogP contribution in [0.1, 0.15) is 44.9 Å². The quantitative estimate of drug-likeness (QED) is 0.376. The normalized spacial score (nSPS) is 21.0. The lowest BCUT2D eigenvalue weighted by atomic mass is 9.84. The fourth-order valence-corrected chi connectivity index (χ4v) is 5.63. The van der Waals surface area contributed by atoms with Crippen LogP contribution in [0.15, 0.2) is 54.7 Å². The van der Waals surface area contributed by atoms with Gasteiger partial charge in [-0.15, -0.1) is 0 Å². The first kappa shape index (κ1) is 25.7. The molecule has 2 fully saturated rings. The number of carbonyl (C=O) groups excluding carboxylic acids is 1. The number of carbonyl (C=O) groups is 1. The number of nitrogens with one attached hydrogen (secondary N) is 1. The first-order valence-electron chi connectivity index (χ1n) is 13.2. The van der Waals surface area contributed by atoms with Crippen molar-refractivity contribution < 1.29 is 18.7 Å². The van der Waals surface area contributed by atoms with Crippen LogP contribution in [0.2, 0.25) is 5.02 Å². The zero-order chi connectivity index (χ0) is 25.6. The average molecular weight is 526 g/mol. The monoisotopic (exact) mass is 525 g/mol. The van der Waals surface area contributed by atoms with E-state index in [9.17, 15) is 9.18 Å². The van der Waals surface area contributed by atoms with Crippen molar-refractivity contribution in [1.82, 2.24) is 15.2 Å². The van der Waals surface area contributed by atoms with Gasteiger partial charge in [-0.2, -0.15) is 0 Å². The molecule has 37 heavy (non-hydrogen) atoms. The predicted molar refractivity (Wildman–Crippen MR) is 143 cm³/mol. The molecule has 3 aromatic rings. The summed E-state index contributed by atoms with van der Waals surface area (Å²) < 4.78 is 24.9. The van der Waals surface area contributed by atoms with Gasteiger partial charge in [0.2, 0.25) is 0 Å². The molecule has 1 saturated carbocycles. The molecule has 1 aromatic heterocycles. The van der Waals surface area contributed by atoms with Crippen molar-refractivity contribution >= 4 is 28.6 Å². The highest BCUT2D eigenvalue weighted by atomic mass is 35.5. The van der Waals surface area contributed by atoms with E-state index >= 15 is 0 Å². The Hall–Kier alpha value is -2.90. The Balaban J connectivity index is 0.992. The third-order valence-corrected chi connectivity index (χ3v) is 7.85. The molecular formula is C29H33ClFN3O3. The smallest absolute Gasteiger partial charge is 0.412 e. The topological polar surface area (TPSA) is 63.7 Å². The Morgan fingerprint density at radius 1 is 1.03 bits per heavy atom. The second-order valence-corrected chi connectivity index (χ2v) is 10.5. The molecular weight excluding hydrogens is 493 g/mol. The van der Waals surface area contributed by atoms with E-state index in [2.05, 4.69) is 15.2 Å². The van der Waals surface area contributed by atoms with Crippen LogP contribution in [-0.4, -0.2) is 47.8 Å². The van der Waals surface area contributed by atoms with Gasteiger partial charge < -0.3 is 19.7 Å². The van der Waals surface area contributed by atoms with Gasteiger partial charge in [-0.3, -0.25) is 4.98 Å². The number of hydrogen-bond acceptors (Lipinski definition) is 5. The van der Waals surface area contributed by atoms with Gasteiger partial charge in [0.25, 0.3) is 0 Å². The standard InChI is InChI=1S/C29H33ClFN3O3/c30-25-19-21(31)7-10-28(25)36-23-13-17-34(18-14-23)16-12-20-5-8-22(9-6-20)33-29(35)37-27-11-15-32-26-4-2-1-3-24(26)27/h1-4,7,10-11,15,19-20,22-23H,5-6,8-9,12-14,16-18H2,(H,33,35). The van der Waals surface area contributed by atoms with Gasteiger partial charge in [0, 0.05) is 30.7 Å². The van der Waals surface area contributed by atoms with Crippen LogP contribution in [0.25, 0.3) is 10.9 Å². The highest BCUT2D eigenvalue weighted by Crippen LogP contribution is 2.30. The number of rotatable bonds is 7. The molecule has 0 bridgehead atoms. The molecule has 1 aliphatic carbocycles. The SMILES string of the molecule is O=C(NC1CCC(CCN2CCC(Oc3ccc(F)cc3Cl)CC2)CC1)Oc1ccnc2ccccc12. The van der Waals surface area contributed by atoms with Crippen molar-refractivity contribution in [3.63, 3.8) is 0 Å². The van der Waals surface area contributed by atoms with Gasteiger partial charge in [0.1, 0.15) is 23.4 Å². The first-order chi connectivity index (χ1) is 18.0. The second kappa shape index (κ2) is 12.1. The van der Waals surface area contributed by atoms with Crippen LogP contribution in [0.4, 0.5) is 9.18 Å². The predicted octanol–water partition coefficient (Wildman–Crippen LogP) is 6.61. The zero-order valence-corrected chi connectivity index (χ0v) is 21.6. The van der Waals surface area contributed by atoms with E-state index in [-0.39, 0.29) is 18.0 Å². The van der Waals surface area contributed by atoms with E-state index in [0.29, 0.717) is 22.4 Å². The number of halogens is 2. The summed E-state index contributed by atoms with van der Waals surface area (Å²) in [6.07, 6.45) is 8.63. The van der Waals surface area contributed by atoms with Crippen molar-refractivity contribution in [3.8, 4) is 11.5 Å². The number of nitrogens with zero attached hydrogens (tertiary/aromatic N) is 2. The summed E-state index contributed by atoms with van der Waals surface area (Å²) >= 11 is 6.10. The summed E-state index contributed by atoms with van der Waals surface area (Å²) in [6.45, 7) is 3.08. The fourth-order valence-electron chi connectivity index (χ4n) is 5.42. The van der Waals surface area contributed by atoms with Crippen molar-refractivity contribution in [2.75, 3.05) is 19.6 Å². The summed E-state index contributed by atoms with van der Waals surface area (Å²) in [5.41, 5.74) is 0.808. The summed E-state index contributed by atoms with van der Waals surface area (Å²) in [5, 5.41) is 4.21. The Morgan fingerprint density at radius 2 is 1.81 bits per heavy atom. The van der Waals surface area contributed by atoms with Crippen LogP contribution < -0.4 is 14.8 Å². The number of para-hydroxylation sites is 1. The minimum absolute atomic E-state index is 0.116. The minimum Gasteiger partial charge on any atom is -0.489 e. The van der Waals surface area contributed by atoms with Crippen LogP contribution in [0, 0.1) is 11.7 Å². The number of hydrogen-bond donors (Lipinski definition) is 1. The lowest BCUT2D eigenvalue weighted by molar-refractivity contribution is 0.0949. The molecule has 6 nitrogen and oxygen atoms in total. The Morgan fingerprint density at radius 3 is 2.59 bits per heavy atom. The van der Waals surface area contributed by atoms with Gasteiger partial charge in [0.05, 0.1) is 10.5 Å². The van der Waals surface area contributed by atoms with E-state index in [1.54, 1.807) is 18.3 Å². The maximum atomic E-state index is 13.2. The number of pyridine rings is 1. The Bertz CT molecular complexity index is 1200. The number of amides is 1. The zero-order valence-electron chi connectivity index (χ0n) is 20.9. The molecule has 1 amide bonds. The third-order valence-electron chi connectivity index (χ3n) is 7.56. The van der Waals surface area contributed by atoms with E-state index < -0.39 is 6.09 Å². The van der Waals surface area contributed by atoms with Crippen LogP contribution in [0.5, 0.6) is 11.5 Å². The summed E-state index contributed by atoms with van der Waals surface area (Å²) in [7, 11) is 0. The fraction of sp³-hybridized carbons (Fsp3) is 0.448. The molecule has 1 aliphatic heterocycles. The minimum atomic E-state index is -0.396. The Kier molecular flexibility index (Phi) is 8.41. The number of fused-ring (bicyclic) bond motifs is 1. The van der Waals surface area contributed by atoms with Crippen molar-refractivity contribution in [2.45, 2.75) is 57.1 Å². The van der Waals surface area contributed by atoms with Crippen molar-refractivity contribution in [2.24, 2.45) is 5.92 Å². The van der Waals surface area contributed by atoms with E-state index in [1.807, 2.05) is 24.3 Å². The molecule has 196 valence electrons. The van der Waals surface area contributed by atoms with Crippen LogP contribution >= 0.6 is 11.6 Å². The second-order valence-electron chi connectivity index (χ2n) is 10.1. The molecule has 1 N–H and O–H groups in total. The van der Waals surface area contributed by atoms with E-state index in [1.165, 1.54) is 18.6 Å². The molecule has 5 rings (SSSR count). The van der Waals surface area contributed by atoms with Crippen LogP contribution in [0.3, 0.4) is 0 Å². The molecule has 1 saturated heterocycles. The third kappa shape index (κ3) is 6.90. The highest BCUT2D eigenvalue weighted by Gasteiger charge is 2.25. The lowest BCUT2D eigenvalue weighted by Crippen LogP contribution is -2.41. The summed E-state index contributed by atoms with van der Waals surface area (Å²) in [5.74, 6) is 1.43. The molecule has 0 unspecified atom stereocenters. The largest absolute Gasteiger partial charge is 0.489 e. The maximum absolute atomic E-state index is 13.2. The van der Waals surface area contributed by atoms with Gasteiger partial charge in [-0.1, -0.05) is 23.7 Å². The van der Waals surface area contributed by atoms with Gasteiger partial charge >= 0.3 is 6.09 Å². The molecule has 2 aromatic carbocycles. The number of likely N-dealkylation sites (tertiary alicyclic amines) is 1. The van der Waals surface area contributed by atoms with Crippen molar-refractivity contribution in [1.29, 1.82) is 0 Å². The first-order valence-corrected chi connectivity index (χ1v) is 13.6. The summed E-state index contributed by atoms with van der Waals surface area (Å²) in [4.78, 5) is 19.3. The van der Waals surface area contributed by atoms with Crippen molar-refractivity contribution in [3.05, 3.63) is 65.6 Å². The number of piperidine rings is 1. The molecule has 2 heterocycles. The lowest BCUT2D eigenvalue weighted by Gasteiger charge is -2.34. The molecule has 2 aliphatic rings. The Labute approximate surface area is 222 Å². The number of ether oxygens (including phenoxy) is 2. The van der Waals surface area contributed by atoms with E-state index in [0.717, 1.165) is 69.1 Å². The molecule has 0 radical (unpaired) electrons. The summed E-state index contributed by atoms with van der Waals surface area (Å²) in [6, 6.07) is 13.8. The molecule has 0 spiro atoms. The number of benzene rings is 2. The molecule has 0 atom stereocenters. The number of aromatic nitrogens is 1. The van der Waals surface area contributed by atoms with Gasteiger partial charge in [0.15, 0.2) is 0 Å². The van der Waals surface area contributed by atoms with Gasteiger partial charge in [-0.25, -0.2) is 9.18 Å². The maximum Gasteiger partial charge on any atom is 0.412 e. The average Bonchev–Trinajstić information content (AvgIpc) is 2.91. The van der Waals surface area contributed by atoms with E-state index in [4.69, 9.17) is 21.1 Å². The van der Waals surface area contributed by atoms with Gasteiger partial charge in [-0.05, 0) is 93.8 Å². The van der Waals surface area contributed by atoms with Crippen LogP contribution in [-0.2, 0) is 0 Å².